The number of hydrogen-bond acceptors (Lipinski definition) is 5. The molecule has 4 aromatic rings. The minimum absolute atomic E-state index is 0.393. The third-order valence-corrected chi connectivity index (χ3v) is 6.20. The molecular formula is C23H21Cl2N5. The molecule has 7 heteroatoms. The summed E-state index contributed by atoms with van der Waals surface area (Å²) in [6.07, 6.45) is 7.75. The highest BCUT2D eigenvalue weighted by atomic mass is 35.5. The van der Waals surface area contributed by atoms with Gasteiger partial charge in [-0.05, 0) is 68.1 Å². The van der Waals surface area contributed by atoms with E-state index in [2.05, 4.69) is 25.6 Å². The predicted molar refractivity (Wildman–Crippen MR) is 125 cm³/mol. The predicted octanol–water partition coefficient (Wildman–Crippen LogP) is 6.32. The Kier molecular flexibility index (Phi) is 5.32. The molecule has 0 radical (unpaired) electrons. The van der Waals surface area contributed by atoms with E-state index in [0.717, 1.165) is 59.0 Å². The van der Waals surface area contributed by atoms with Crippen molar-refractivity contribution < 1.29 is 0 Å². The van der Waals surface area contributed by atoms with Crippen LogP contribution in [0, 0.1) is 0 Å². The van der Waals surface area contributed by atoms with Crippen LogP contribution in [0.3, 0.4) is 0 Å². The largest absolute Gasteiger partial charge is 0.382 e. The van der Waals surface area contributed by atoms with Gasteiger partial charge in [-0.15, -0.1) is 0 Å². The van der Waals surface area contributed by atoms with Gasteiger partial charge in [-0.1, -0.05) is 23.2 Å². The highest BCUT2D eigenvalue weighted by Crippen LogP contribution is 2.30. The second-order valence-corrected chi connectivity index (χ2v) is 8.61. The maximum Gasteiger partial charge on any atom is 0.137 e. The molecule has 1 fully saturated rings. The summed E-state index contributed by atoms with van der Waals surface area (Å²) >= 11 is 12.2. The molecule has 5 nitrogen and oxygen atoms in total. The molecule has 5 rings (SSSR count). The average molecular weight is 438 g/mol. The summed E-state index contributed by atoms with van der Waals surface area (Å²) < 4.78 is 0. The molecule has 1 aliphatic rings. The van der Waals surface area contributed by atoms with Gasteiger partial charge in [0.2, 0.25) is 0 Å². The first-order valence-electron chi connectivity index (χ1n) is 10.1. The fourth-order valence-corrected chi connectivity index (χ4v) is 4.52. The fourth-order valence-electron chi connectivity index (χ4n) is 4.19. The molecule has 0 amide bonds. The average Bonchev–Trinajstić information content (AvgIpc) is 2.75. The minimum atomic E-state index is 0.393. The molecule has 30 heavy (non-hydrogen) atoms. The van der Waals surface area contributed by atoms with Crippen molar-refractivity contribution in [2.75, 3.05) is 10.6 Å². The number of nitrogens with one attached hydrogen (secondary N) is 2. The van der Waals surface area contributed by atoms with Gasteiger partial charge in [0, 0.05) is 44.8 Å². The highest BCUT2D eigenvalue weighted by Gasteiger charge is 2.22. The standard InChI is InChI=1S/C23H21Cl2N5/c24-14-1-7-18-20(9-10-26-21(18)11-14)29-16-3-5-17(6-4-16)30-23-19-8-2-15(25)12-22(19)27-13-28-23/h1-2,7-13,16-17H,3-6H2,(H,26,29)(H,27,28,30). The van der Waals surface area contributed by atoms with Crippen LogP contribution < -0.4 is 10.6 Å². The molecule has 2 N–H and O–H groups in total. The van der Waals surface area contributed by atoms with Gasteiger partial charge in [0.05, 0.1) is 11.0 Å². The van der Waals surface area contributed by atoms with Gasteiger partial charge in [0.15, 0.2) is 0 Å². The van der Waals surface area contributed by atoms with E-state index in [1.54, 1.807) is 6.33 Å². The lowest BCUT2D eigenvalue weighted by Gasteiger charge is -2.31. The minimum Gasteiger partial charge on any atom is -0.382 e. The fraction of sp³-hybridized carbons (Fsp3) is 0.261. The van der Waals surface area contributed by atoms with E-state index in [4.69, 9.17) is 23.2 Å². The van der Waals surface area contributed by atoms with E-state index >= 15 is 0 Å². The van der Waals surface area contributed by atoms with Gasteiger partial charge in [-0.2, -0.15) is 0 Å². The number of rotatable bonds is 4. The summed E-state index contributed by atoms with van der Waals surface area (Å²) in [6, 6.07) is 14.5. The van der Waals surface area contributed by atoms with Gasteiger partial charge in [0.1, 0.15) is 12.1 Å². The van der Waals surface area contributed by atoms with Crippen LogP contribution in [0.2, 0.25) is 10.0 Å². The first kappa shape index (κ1) is 19.3. The van der Waals surface area contributed by atoms with Crippen LogP contribution in [0.4, 0.5) is 11.5 Å². The summed E-state index contributed by atoms with van der Waals surface area (Å²) in [5.74, 6) is 0.880. The number of anilines is 2. The van der Waals surface area contributed by atoms with Crippen molar-refractivity contribution >= 4 is 56.5 Å². The molecular weight excluding hydrogens is 417 g/mol. The Morgan fingerprint density at radius 2 is 1.33 bits per heavy atom. The van der Waals surface area contributed by atoms with Gasteiger partial charge in [-0.3, -0.25) is 4.98 Å². The number of aromatic nitrogens is 3. The summed E-state index contributed by atoms with van der Waals surface area (Å²) in [7, 11) is 0. The van der Waals surface area contributed by atoms with Crippen molar-refractivity contribution in [3.63, 3.8) is 0 Å². The Bertz CT molecular complexity index is 1110. The third kappa shape index (κ3) is 4.00. The first-order valence-corrected chi connectivity index (χ1v) is 10.9. The lowest BCUT2D eigenvalue weighted by Crippen LogP contribution is -2.32. The van der Waals surface area contributed by atoms with Crippen molar-refractivity contribution in [2.45, 2.75) is 37.8 Å². The van der Waals surface area contributed by atoms with E-state index in [-0.39, 0.29) is 0 Å². The van der Waals surface area contributed by atoms with Crippen molar-refractivity contribution in [1.82, 2.24) is 15.0 Å². The first-order chi connectivity index (χ1) is 14.7. The molecule has 152 valence electrons. The van der Waals surface area contributed by atoms with E-state index < -0.39 is 0 Å². The number of hydrogen-bond donors (Lipinski definition) is 2. The quantitative estimate of drug-likeness (QED) is 0.390. The Balaban J connectivity index is 1.25. The molecule has 1 saturated carbocycles. The molecule has 2 aromatic heterocycles. The van der Waals surface area contributed by atoms with E-state index in [1.165, 1.54) is 0 Å². The van der Waals surface area contributed by atoms with Gasteiger partial charge in [0.25, 0.3) is 0 Å². The maximum atomic E-state index is 6.11. The second kappa shape index (κ2) is 8.25. The molecule has 0 spiro atoms. The lowest BCUT2D eigenvalue weighted by atomic mass is 9.90. The van der Waals surface area contributed by atoms with E-state index in [9.17, 15) is 0 Å². The summed E-state index contributed by atoms with van der Waals surface area (Å²) in [4.78, 5) is 13.2. The number of benzene rings is 2. The zero-order valence-corrected chi connectivity index (χ0v) is 17.8. The summed E-state index contributed by atoms with van der Waals surface area (Å²) in [5, 5.41) is 10.8. The van der Waals surface area contributed by atoms with Crippen molar-refractivity contribution in [3.05, 3.63) is 65.0 Å². The smallest absolute Gasteiger partial charge is 0.137 e. The van der Waals surface area contributed by atoms with Crippen molar-refractivity contribution in [1.29, 1.82) is 0 Å². The van der Waals surface area contributed by atoms with Crippen molar-refractivity contribution in [2.24, 2.45) is 0 Å². The topological polar surface area (TPSA) is 62.7 Å². The molecule has 0 aliphatic heterocycles. The van der Waals surface area contributed by atoms with Gasteiger partial charge in [-0.25, -0.2) is 9.97 Å². The molecule has 2 aromatic carbocycles. The van der Waals surface area contributed by atoms with Crippen LogP contribution in [-0.4, -0.2) is 27.0 Å². The normalized spacial score (nSPS) is 19.1. The second-order valence-electron chi connectivity index (χ2n) is 7.74. The maximum absolute atomic E-state index is 6.11. The van der Waals surface area contributed by atoms with Crippen LogP contribution in [0.15, 0.2) is 55.0 Å². The van der Waals surface area contributed by atoms with E-state index in [1.807, 2.05) is 48.7 Å². The molecule has 0 unspecified atom stereocenters. The van der Waals surface area contributed by atoms with Crippen LogP contribution >= 0.6 is 23.2 Å². The Labute approximate surface area is 184 Å². The zero-order valence-electron chi connectivity index (χ0n) is 16.3. The molecule has 1 aliphatic carbocycles. The lowest BCUT2D eigenvalue weighted by molar-refractivity contribution is 0.428. The van der Waals surface area contributed by atoms with Crippen LogP contribution in [0.25, 0.3) is 21.8 Å². The van der Waals surface area contributed by atoms with Crippen LogP contribution in [-0.2, 0) is 0 Å². The number of fused-ring (bicyclic) bond motifs is 2. The number of halogens is 2. The Morgan fingerprint density at radius 1 is 0.700 bits per heavy atom. The van der Waals surface area contributed by atoms with Crippen molar-refractivity contribution in [3.8, 4) is 0 Å². The van der Waals surface area contributed by atoms with Crippen LogP contribution in [0.1, 0.15) is 25.7 Å². The Hall–Kier alpha value is -2.63. The van der Waals surface area contributed by atoms with Crippen LogP contribution in [0.5, 0.6) is 0 Å². The van der Waals surface area contributed by atoms with E-state index in [0.29, 0.717) is 22.1 Å². The SMILES string of the molecule is Clc1ccc2c(NC3CCC(Nc4ncnc5cc(Cl)ccc45)CC3)ccnc2c1. The molecule has 2 heterocycles. The summed E-state index contributed by atoms with van der Waals surface area (Å²) in [6.45, 7) is 0. The highest BCUT2D eigenvalue weighted by molar-refractivity contribution is 6.31. The van der Waals surface area contributed by atoms with Gasteiger partial charge < -0.3 is 10.6 Å². The zero-order chi connectivity index (χ0) is 20.5. The number of nitrogens with zero attached hydrogens (tertiary/aromatic N) is 3. The monoisotopic (exact) mass is 437 g/mol. The molecule has 0 bridgehead atoms. The van der Waals surface area contributed by atoms with Gasteiger partial charge >= 0.3 is 0 Å². The Morgan fingerprint density at radius 3 is 2.07 bits per heavy atom. The number of pyridine rings is 1. The molecule has 0 atom stereocenters. The summed E-state index contributed by atoms with van der Waals surface area (Å²) in [5.41, 5.74) is 2.89. The third-order valence-electron chi connectivity index (χ3n) is 5.73. The molecule has 0 saturated heterocycles.